The Kier molecular flexibility index (Phi) is 2.83. The van der Waals surface area contributed by atoms with Crippen molar-refractivity contribution in [3.8, 4) is 0 Å². The van der Waals surface area contributed by atoms with E-state index < -0.39 is 0 Å². The van der Waals surface area contributed by atoms with Crippen LogP contribution in [0.5, 0.6) is 0 Å². The molecule has 2 saturated carbocycles. The number of hydrogen-bond donors (Lipinski definition) is 3. The van der Waals surface area contributed by atoms with Crippen molar-refractivity contribution in [1.29, 1.82) is 0 Å². The van der Waals surface area contributed by atoms with Crippen molar-refractivity contribution in [2.75, 3.05) is 25.0 Å². The second-order valence-corrected chi connectivity index (χ2v) is 7.49. The largest absolute Gasteiger partial charge is 0.337 e. The number of aromatic amines is 1. The number of hydrogen-bond acceptors (Lipinski definition) is 6. The van der Waals surface area contributed by atoms with Crippen LogP contribution in [-0.2, 0) is 0 Å². The monoisotopic (exact) mass is 313 g/mol. The van der Waals surface area contributed by atoms with Crippen molar-refractivity contribution >= 4 is 17.6 Å². The minimum Gasteiger partial charge on any atom is -0.337 e. The van der Waals surface area contributed by atoms with Crippen LogP contribution in [0.3, 0.4) is 0 Å². The van der Waals surface area contributed by atoms with Gasteiger partial charge < -0.3 is 16.0 Å². The molecule has 0 atom stereocenters. The lowest BCUT2D eigenvalue weighted by Crippen LogP contribution is -2.40. The molecule has 1 aromatic rings. The Morgan fingerprint density at radius 1 is 1.39 bits per heavy atom. The summed E-state index contributed by atoms with van der Waals surface area (Å²) in [6.45, 7) is 2.58. The Labute approximate surface area is 135 Å². The summed E-state index contributed by atoms with van der Waals surface area (Å²) >= 11 is 0. The average Bonchev–Trinajstić information content (AvgIpc) is 3.02. The molecule has 5 aliphatic rings. The number of nitrogens with one attached hydrogen (secondary N) is 2. The van der Waals surface area contributed by atoms with Crippen LogP contribution in [0.2, 0.25) is 0 Å². The molecule has 4 fully saturated rings. The molecule has 2 bridgehead atoms. The van der Waals surface area contributed by atoms with Crippen LogP contribution in [0.4, 0.5) is 5.82 Å². The molecule has 2 aliphatic carbocycles. The van der Waals surface area contributed by atoms with E-state index in [1.165, 1.54) is 31.4 Å². The molecule has 6 rings (SSSR count). The van der Waals surface area contributed by atoms with Gasteiger partial charge in [-0.3, -0.25) is 10.1 Å². The second-order valence-electron chi connectivity index (χ2n) is 7.49. The molecule has 23 heavy (non-hydrogen) atoms. The van der Waals surface area contributed by atoms with Gasteiger partial charge in [0.1, 0.15) is 5.84 Å². The van der Waals surface area contributed by atoms with E-state index in [-0.39, 0.29) is 0 Å². The number of aromatic nitrogens is 2. The highest BCUT2D eigenvalue weighted by Gasteiger charge is 2.55. The van der Waals surface area contributed by atoms with Gasteiger partial charge in [-0.15, -0.1) is 0 Å². The van der Waals surface area contributed by atoms with Gasteiger partial charge in [0.25, 0.3) is 0 Å². The predicted octanol–water partition coefficient (Wildman–Crippen LogP) is 1.28. The number of fused-ring (bicyclic) bond motifs is 1. The lowest BCUT2D eigenvalue weighted by atomic mass is 9.70. The van der Waals surface area contributed by atoms with E-state index in [4.69, 9.17) is 10.7 Å². The molecule has 3 aliphatic heterocycles. The molecule has 0 radical (unpaired) electrons. The zero-order valence-electron chi connectivity index (χ0n) is 13.3. The minimum absolute atomic E-state index is 0.328. The minimum atomic E-state index is 0.328. The first-order valence-electron chi connectivity index (χ1n) is 8.66. The highest BCUT2D eigenvalue weighted by atomic mass is 15.4. The van der Waals surface area contributed by atoms with E-state index >= 15 is 0 Å². The molecule has 4 N–H and O–H groups in total. The molecule has 0 spiro atoms. The molecule has 0 aromatic carbocycles. The number of rotatable bonds is 3. The van der Waals surface area contributed by atoms with Crippen molar-refractivity contribution in [2.45, 2.75) is 44.1 Å². The molecule has 0 amide bonds. The topological polar surface area (TPSA) is 94.7 Å². The van der Waals surface area contributed by atoms with Gasteiger partial charge in [0, 0.05) is 48.6 Å². The zero-order valence-corrected chi connectivity index (χ0v) is 13.3. The Bertz CT molecular complexity index is 678. The first kappa shape index (κ1) is 13.5. The number of nitrogens with zero attached hydrogens (tertiary/aromatic N) is 4. The quantitative estimate of drug-likeness (QED) is 0.783. The number of guanidine groups is 1. The molecule has 1 aromatic heterocycles. The normalized spacial score (nSPS) is 32.4. The molecule has 0 unspecified atom stereocenters. The van der Waals surface area contributed by atoms with Gasteiger partial charge in [-0.2, -0.15) is 5.10 Å². The van der Waals surface area contributed by atoms with Crippen LogP contribution >= 0.6 is 0 Å². The Balaban J connectivity index is 1.29. The fraction of sp³-hybridized carbons (Fsp3) is 0.688. The van der Waals surface area contributed by atoms with E-state index in [1.807, 2.05) is 0 Å². The Hall–Kier alpha value is -1.89. The van der Waals surface area contributed by atoms with Gasteiger partial charge in [0.15, 0.2) is 5.82 Å². The zero-order chi connectivity index (χ0) is 15.4. The van der Waals surface area contributed by atoms with Crippen molar-refractivity contribution < 1.29 is 0 Å². The van der Waals surface area contributed by atoms with Gasteiger partial charge in [-0.05, 0) is 32.2 Å². The van der Waals surface area contributed by atoms with Crippen LogP contribution in [0.1, 0.15) is 43.7 Å². The third-order valence-electron chi connectivity index (χ3n) is 5.70. The number of nitrogens with two attached hydrogens (primary N) is 1. The number of amidine groups is 1. The highest BCUT2D eigenvalue weighted by molar-refractivity contribution is 6.04. The lowest BCUT2D eigenvalue weighted by molar-refractivity contribution is 0.199. The second kappa shape index (κ2) is 4.80. The van der Waals surface area contributed by atoms with E-state index in [2.05, 4.69) is 31.5 Å². The summed E-state index contributed by atoms with van der Waals surface area (Å²) in [6, 6.07) is 2.70. The van der Waals surface area contributed by atoms with Gasteiger partial charge in [0.05, 0.1) is 0 Å². The number of anilines is 1. The maximum Gasteiger partial charge on any atom is 0.222 e. The third kappa shape index (κ3) is 2.25. The maximum atomic E-state index is 5.93. The Morgan fingerprint density at radius 3 is 3.00 bits per heavy atom. The molecule has 2 saturated heterocycles. The first-order valence-corrected chi connectivity index (χ1v) is 8.66. The average molecular weight is 313 g/mol. The van der Waals surface area contributed by atoms with E-state index in [0.29, 0.717) is 17.4 Å². The SMILES string of the molecule is NCC12CC(C1)N(C1=NCCC(Nc3cc(C4CC4)[nH]n3)=N1)C2. The van der Waals surface area contributed by atoms with Crippen molar-refractivity contribution in [3.63, 3.8) is 0 Å². The summed E-state index contributed by atoms with van der Waals surface area (Å²) in [5, 5.41) is 10.8. The first-order chi connectivity index (χ1) is 11.2. The van der Waals surface area contributed by atoms with Crippen LogP contribution in [0.15, 0.2) is 16.1 Å². The summed E-state index contributed by atoms with van der Waals surface area (Å²) in [6.07, 6.45) is 5.79. The van der Waals surface area contributed by atoms with Gasteiger partial charge in [0.2, 0.25) is 5.96 Å². The van der Waals surface area contributed by atoms with Crippen molar-refractivity contribution in [3.05, 3.63) is 11.8 Å². The molecular formula is C16H23N7. The van der Waals surface area contributed by atoms with Gasteiger partial charge in [-0.1, -0.05) is 0 Å². The molecule has 4 heterocycles. The molecule has 7 heteroatoms. The highest BCUT2D eigenvalue weighted by Crippen LogP contribution is 2.51. The smallest absolute Gasteiger partial charge is 0.222 e. The fourth-order valence-corrected chi connectivity index (χ4v) is 4.12. The fourth-order valence-electron chi connectivity index (χ4n) is 4.12. The van der Waals surface area contributed by atoms with Crippen LogP contribution in [-0.4, -0.2) is 52.6 Å². The van der Waals surface area contributed by atoms with E-state index in [9.17, 15) is 0 Å². The summed E-state index contributed by atoms with van der Waals surface area (Å²) in [4.78, 5) is 11.7. The van der Waals surface area contributed by atoms with Crippen molar-refractivity contribution in [1.82, 2.24) is 15.1 Å². The van der Waals surface area contributed by atoms with Crippen LogP contribution in [0, 0.1) is 5.41 Å². The third-order valence-corrected chi connectivity index (χ3v) is 5.70. The van der Waals surface area contributed by atoms with Crippen molar-refractivity contribution in [2.24, 2.45) is 21.1 Å². The standard InChI is InChI=1S/C16H23N7/c17-8-16-6-11(7-16)23(9-16)15-18-4-3-13(20-15)19-14-5-12(21-22-14)10-1-2-10/h5,10-11H,1-4,6-9,17H2,(H2,18,19,20,21,22). The number of aliphatic imine (C=N–C) groups is 2. The predicted molar refractivity (Wildman–Crippen MR) is 89.8 cm³/mol. The molecular weight excluding hydrogens is 290 g/mol. The Morgan fingerprint density at radius 2 is 2.26 bits per heavy atom. The lowest BCUT2D eigenvalue weighted by Gasteiger charge is -2.35. The van der Waals surface area contributed by atoms with Crippen LogP contribution < -0.4 is 11.1 Å². The number of H-pyrrole nitrogens is 1. The summed E-state index contributed by atoms with van der Waals surface area (Å²) in [7, 11) is 0. The van der Waals surface area contributed by atoms with Gasteiger partial charge in [-0.25, -0.2) is 4.99 Å². The van der Waals surface area contributed by atoms with Gasteiger partial charge >= 0.3 is 0 Å². The maximum absolute atomic E-state index is 5.93. The van der Waals surface area contributed by atoms with E-state index in [1.54, 1.807) is 0 Å². The van der Waals surface area contributed by atoms with Crippen LogP contribution in [0.25, 0.3) is 0 Å². The molecule has 7 nitrogen and oxygen atoms in total. The molecule has 122 valence electrons. The summed E-state index contributed by atoms with van der Waals surface area (Å²) in [5.41, 5.74) is 7.50. The van der Waals surface area contributed by atoms with E-state index in [0.717, 1.165) is 43.7 Å². The summed E-state index contributed by atoms with van der Waals surface area (Å²) in [5.74, 6) is 3.41. The summed E-state index contributed by atoms with van der Waals surface area (Å²) < 4.78 is 0.